The minimum atomic E-state index is -0.0790. The van der Waals surface area contributed by atoms with E-state index in [4.69, 9.17) is 10.8 Å². The lowest BCUT2D eigenvalue weighted by atomic mass is 9.95. The van der Waals surface area contributed by atoms with E-state index in [1.807, 2.05) is 6.07 Å². The van der Waals surface area contributed by atoms with Crippen LogP contribution in [0.4, 0.5) is 11.6 Å². The van der Waals surface area contributed by atoms with Crippen molar-refractivity contribution in [3.8, 4) is 0 Å². The number of hydrazine groups is 1. The van der Waals surface area contributed by atoms with Gasteiger partial charge in [0.25, 0.3) is 0 Å². The number of rotatable bonds is 2. The number of hydrogen-bond acceptors (Lipinski definition) is 5. The molecule has 0 amide bonds. The first-order chi connectivity index (χ1) is 9.50. The fourth-order valence-corrected chi connectivity index (χ4v) is 2.48. The number of aromatic nitrogens is 2. The molecule has 0 radical (unpaired) electrons. The van der Waals surface area contributed by atoms with Crippen LogP contribution >= 0.6 is 0 Å². The Kier molecular flexibility index (Phi) is 4.81. The molecule has 1 saturated heterocycles. The standard InChI is InChI=1S/C15H27N5/c1-15(2,3)14-17-12(19-16)11-13(18-14)20-9-7-5-4-6-8-10-20/h11H,4-10,16H2,1-3H3,(H,17,18,19). The highest BCUT2D eigenvalue weighted by atomic mass is 15.3. The Morgan fingerprint density at radius 3 is 2.20 bits per heavy atom. The first-order valence-electron chi connectivity index (χ1n) is 7.62. The van der Waals surface area contributed by atoms with E-state index in [9.17, 15) is 0 Å². The van der Waals surface area contributed by atoms with Gasteiger partial charge in [-0.3, -0.25) is 0 Å². The molecular formula is C15H27N5. The molecule has 0 spiro atoms. The van der Waals surface area contributed by atoms with Crippen LogP contribution in [0.5, 0.6) is 0 Å². The molecule has 3 N–H and O–H groups in total. The van der Waals surface area contributed by atoms with Crippen LogP contribution in [0.25, 0.3) is 0 Å². The van der Waals surface area contributed by atoms with Crippen molar-refractivity contribution < 1.29 is 0 Å². The molecular weight excluding hydrogens is 250 g/mol. The van der Waals surface area contributed by atoms with Gasteiger partial charge >= 0.3 is 0 Å². The molecule has 0 atom stereocenters. The Morgan fingerprint density at radius 1 is 1.05 bits per heavy atom. The summed E-state index contributed by atoms with van der Waals surface area (Å²) < 4.78 is 0. The number of nitrogen functional groups attached to an aromatic ring is 1. The smallest absolute Gasteiger partial charge is 0.145 e. The third-order valence-corrected chi connectivity index (χ3v) is 3.71. The van der Waals surface area contributed by atoms with Gasteiger partial charge in [0, 0.05) is 24.6 Å². The molecule has 5 heteroatoms. The summed E-state index contributed by atoms with van der Waals surface area (Å²) in [7, 11) is 0. The van der Waals surface area contributed by atoms with E-state index in [0.717, 1.165) is 24.7 Å². The largest absolute Gasteiger partial charge is 0.356 e. The molecule has 0 unspecified atom stereocenters. The fourth-order valence-electron chi connectivity index (χ4n) is 2.48. The summed E-state index contributed by atoms with van der Waals surface area (Å²) in [5.41, 5.74) is 2.59. The lowest BCUT2D eigenvalue weighted by Crippen LogP contribution is -2.29. The molecule has 0 aliphatic carbocycles. The summed E-state index contributed by atoms with van der Waals surface area (Å²) >= 11 is 0. The van der Waals surface area contributed by atoms with Crippen molar-refractivity contribution in [3.63, 3.8) is 0 Å². The Morgan fingerprint density at radius 2 is 1.65 bits per heavy atom. The van der Waals surface area contributed by atoms with Gasteiger partial charge in [0.05, 0.1) is 0 Å². The van der Waals surface area contributed by atoms with Crippen LogP contribution in [0.2, 0.25) is 0 Å². The molecule has 0 aromatic carbocycles. The van der Waals surface area contributed by atoms with Gasteiger partial charge in [-0.2, -0.15) is 0 Å². The third kappa shape index (κ3) is 3.82. The molecule has 1 aromatic rings. The second kappa shape index (κ2) is 6.39. The maximum Gasteiger partial charge on any atom is 0.145 e. The maximum absolute atomic E-state index is 5.56. The Hall–Kier alpha value is -1.36. The maximum atomic E-state index is 5.56. The van der Waals surface area contributed by atoms with E-state index in [2.05, 4.69) is 36.1 Å². The highest BCUT2D eigenvalue weighted by molar-refractivity contribution is 5.49. The molecule has 5 nitrogen and oxygen atoms in total. The van der Waals surface area contributed by atoms with Gasteiger partial charge in [0.15, 0.2) is 0 Å². The summed E-state index contributed by atoms with van der Waals surface area (Å²) in [5, 5.41) is 0. The number of nitrogens with one attached hydrogen (secondary N) is 1. The van der Waals surface area contributed by atoms with Crippen molar-refractivity contribution in [1.29, 1.82) is 0 Å². The van der Waals surface area contributed by atoms with Crippen molar-refractivity contribution in [2.24, 2.45) is 5.84 Å². The molecule has 0 saturated carbocycles. The van der Waals surface area contributed by atoms with Gasteiger partial charge < -0.3 is 10.3 Å². The van der Waals surface area contributed by atoms with Crippen molar-refractivity contribution in [1.82, 2.24) is 9.97 Å². The first-order valence-corrected chi connectivity index (χ1v) is 7.62. The second-order valence-electron chi connectivity index (χ2n) is 6.58. The summed E-state index contributed by atoms with van der Waals surface area (Å²) in [6.07, 6.45) is 6.46. The first kappa shape index (κ1) is 15.0. The van der Waals surface area contributed by atoms with Crippen molar-refractivity contribution >= 4 is 11.6 Å². The predicted octanol–water partition coefficient (Wildman–Crippen LogP) is 2.83. The number of hydrogen-bond donors (Lipinski definition) is 2. The third-order valence-electron chi connectivity index (χ3n) is 3.71. The van der Waals surface area contributed by atoms with Gasteiger partial charge in [-0.25, -0.2) is 15.8 Å². The minimum Gasteiger partial charge on any atom is -0.356 e. The number of nitrogens with two attached hydrogens (primary N) is 1. The highest BCUT2D eigenvalue weighted by Gasteiger charge is 2.21. The molecule has 1 aliphatic rings. The lowest BCUT2D eigenvalue weighted by molar-refractivity contribution is 0.533. The van der Waals surface area contributed by atoms with E-state index in [-0.39, 0.29) is 5.41 Å². The normalized spacial score (nSPS) is 17.5. The van der Waals surface area contributed by atoms with Gasteiger partial charge in [-0.15, -0.1) is 0 Å². The van der Waals surface area contributed by atoms with Crippen LogP contribution in [0.15, 0.2) is 6.07 Å². The van der Waals surface area contributed by atoms with Gasteiger partial charge in [0.2, 0.25) is 0 Å². The van der Waals surface area contributed by atoms with Crippen molar-refractivity contribution in [3.05, 3.63) is 11.9 Å². The van der Waals surface area contributed by atoms with Crippen LogP contribution in [0.1, 0.15) is 58.7 Å². The SMILES string of the molecule is CC(C)(C)c1nc(NN)cc(N2CCCCCCC2)n1. The summed E-state index contributed by atoms with van der Waals surface area (Å²) in [6, 6.07) is 1.96. The van der Waals surface area contributed by atoms with Crippen molar-refractivity contribution in [2.45, 2.75) is 58.3 Å². The van der Waals surface area contributed by atoms with Gasteiger partial charge in [-0.05, 0) is 12.8 Å². The molecule has 2 heterocycles. The molecule has 112 valence electrons. The second-order valence-corrected chi connectivity index (χ2v) is 6.58. The van der Waals surface area contributed by atoms with Gasteiger partial charge in [0.1, 0.15) is 17.5 Å². The van der Waals surface area contributed by atoms with Crippen LogP contribution in [0, 0.1) is 0 Å². The van der Waals surface area contributed by atoms with E-state index in [1.54, 1.807) is 0 Å². The molecule has 0 bridgehead atoms. The zero-order valence-corrected chi connectivity index (χ0v) is 12.9. The number of nitrogens with zero attached hydrogens (tertiary/aromatic N) is 3. The molecule has 1 aliphatic heterocycles. The van der Waals surface area contributed by atoms with E-state index in [1.165, 1.54) is 32.1 Å². The van der Waals surface area contributed by atoms with Crippen LogP contribution in [-0.4, -0.2) is 23.1 Å². The molecule has 20 heavy (non-hydrogen) atoms. The average molecular weight is 277 g/mol. The lowest BCUT2D eigenvalue weighted by Gasteiger charge is -2.27. The summed E-state index contributed by atoms with van der Waals surface area (Å²) in [5.74, 6) is 8.09. The Labute approximate surface area is 121 Å². The molecule has 1 fully saturated rings. The number of anilines is 2. The van der Waals surface area contributed by atoms with Crippen LogP contribution in [-0.2, 0) is 5.41 Å². The highest BCUT2D eigenvalue weighted by Crippen LogP contribution is 2.25. The Balaban J connectivity index is 2.29. The quantitative estimate of drug-likeness (QED) is 0.642. The Bertz CT molecular complexity index is 430. The topological polar surface area (TPSA) is 67.1 Å². The summed E-state index contributed by atoms with van der Waals surface area (Å²) in [4.78, 5) is 11.6. The molecule has 2 rings (SSSR count). The average Bonchev–Trinajstić information content (AvgIpc) is 2.36. The van der Waals surface area contributed by atoms with E-state index in [0.29, 0.717) is 5.82 Å². The molecule has 1 aromatic heterocycles. The van der Waals surface area contributed by atoms with Crippen LogP contribution in [0.3, 0.4) is 0 Å². The zero-order chi connectivity index (χ0) is 14.6. The monoisotopic (exact) mass is 277 g/mol. The van der Waals surface area contributed by atoms with Crippen LogP contribution < -0.4 is 16.2 Å². The minimum absolute atomic E-state index is 0.0790. The summed E-state index contributed by atoms with van der Waals surface area (Å²) in [6.45, 7) is 8.52. The van der Waals surface area contributed by atoms with Gasteiger partial charge in [-0.1, -0.05) is 40.0 Å². The predicted molar refractivity (Wildman–Crippen MR) is 83.8 cm³/mol. The zero-order valence-electron chi connectivity index (χ0n) is 12.9. The van der Waals surface area contributed by atoms with E-state index >= 15 is 0 Å². The fraction of sp³-hybridized carbons (Fsp3) is 0.733. The van der Waals surface area contributed by atoms with E-state index < -0.39 is 0 Å². The van der Waals surface area contributed by atoms with Crippen molar-refractivity contribution in [2.75, 3.05) is 23.4 Å².